The summed E-state index contributed by atoms with van der Waals surface area (Å²) in [5, 5.41) is 0.863. The molecule has 1 aliphatic rings. The molecular weight excluding hydrogens is 216 g/mol. The molecule has 0 amide bonds. The fraction of sp³-hybridized carbons (Fsp3) is 0.182. The van der Waals surface area contributed by atoms with Gasteiger partial charge in [-0.25, -0.2) is 0 Å². The highest BCUT2D eigenvalue weighted by molar-refractivity contribution is 8.00. The average Bonchev–Trinajstić information content (AvgIpc) is 2.16. The lowest BCUT2D eigenvalue weighted by Gasteiger charge is -2.20. The lowest BCUT2D eigenvalue weighted by molar-refractivity contribution is 0.0980. The smallest absolute Gasteiger partial charge is 0.165 e. The third-order valence-electron chi connectivity index (χ3n) is 2.17. The van der Waals surface area contributed by atoms with E-state index in [1.807, 2.05) is 12.1 Å². The van der Waals surface area contributed by atoms with E-state index in [0.29, 0.717) is 11.4 Å². The summed E-state index contributed by atoms with van der Waals surface area (Å²) < 4.78 is 0. The van der Waals surface area contributed by atoms with E-state index >= 15 is 0 Å². The van der Waals surface area contributed by atoms with Crippen LogP contribution in [0.5, 0.6) is 0 Å². The Labute approximate surface area is 92.1 Å². The van der Waals surface area contributed by atoms with Gasteiger partial charge in [-0.3, -0.25) is 4.79 Å². The van der Waals surface area contributed by atoms with Crippen LogP contribution in [0, 0.1) is 0 Å². The minimum absolute atomic E-state index is 0.181. The number of rotatable bonds is 1. The van der Waals surface area contributed by atoms with Crippen LogP contribution >= 0.6 is 23.4 Å². The molecular formula is C11H9ClOS. The lowest BCUT2D eigenvalue weighted by atomic mass is 10.1. The number of thioether (sulfide) groups is 1. The van der Waals surface area contributed by atoms with Gasteiger partial charge in [0.05, 0.1) is 0 Å². The molecule has 1 aliphatic heterocycles. The molecule has 2 rings (SSSR count). The molecule has 1 aromatic rings. The molecule has 0 saturated carbocycles. The number of ketones is 1. The molecule has 0 fully saturated rings. The molecule has 1 aromatic carbocycles. The standard InChI is InChI=1S/C11H9ClOS/c1-2-8-6-10(13)9-4-3-7(12)5-11(9)14-8/h2-5,8H,1,6H2. The zero-order valence-corrected chi connectivity index (χ0v) is 9.07. The fourth-order valence-electron chi connectivity index (χ4n) is 1.45. The Morgan fingerprint density at radius 3 is 3.07 bits per heavy atom. The Kier molecular flexibility index (Phi) is 2.66. The third-order valence-corrected chi connectivity index (χ3v) is 3.66. The molecule has 1 atom stereocenters. The summed E-state index contributed by atoms with van der Waals surface area (Å²) in [6.45, 7) is 3.71. The molecule has 0 radical (unpaired) electrons. The van der Waals surface area contributed by atoms with E-state index in [-0.39, 0.29) is 11.0 Å². The Morgan fingerprint density at radius 1 is 1.57 bits per heavy atom. The summed E-state index contributed by atoms with van der Waals surface area (Å²) in [5.41, 5.74) is 0.789. The molecule has 0 saturated heterocycles. The maximum Gasteiger partial charge on any atom is 0.165 e. The summed E-state index contributed by atoms with van der Waals surface area (Å²) in [6, 6.07) is 5.40. The molecule has 0 spiro atoms. The molecule has 0 bridgehead atoms. The second-order valence-corrected chi connectivity index (χ2v) is 4.88. The number of benzene rings is 1. The summed E-state index contributed by atoms with van der Waals surface area (Å²) in [7, 11) is 0. The largest absolute Gasteiger partial charge is 0.294 e. The van der Waals surface area contributed by atoms with Gasteiger partial charge in [-0.1, -0.05) is 17.7 Å². The molecule has 14 heavy (non-hydrogen) atoms. The van der Waals surface area contributed by atoms with Crippen LogP contribution in [0.25, 0.3) is 0 Å². The van der Waals surface area contributed by atoms with E-state index in [2.05, 4.69) is 6.58 Å². The molecule has 1 heterocycles. The van der Waals surface area contributed by atoms with Gasteiger partial charge < -0.3 is 0 Å². The van der Waals surface area contributed by atoms with Gasteiger partial charge in [-0.15, -0.1) is 18.3 Å². The third kappa shape index (κ3) is 1.72. The van der Waals surface area contributed by atoms with Crippen molar-refractivity contribution >= 4 is 29.1 Å². The monoisotopic (exact) mass is 224 g/mol. The second-order valence-electron chi connectivity index (χ2n) is 3.16. The molecule has 1 unspecified atom stereocenters. The van der Waals surface area contributed by atoms with Gasteiger partial charge >= 0.3 is 0 Å². The summed E-state index contributed by atoms with van der Waals surface area (Å²) in [4.78, 5) is 12.6. The first-order valence-corrected chi connectivity index (χ1v) is 5.58. The minimum Gasteiger partial charge on any atom is -0.294 e. The molecule has 0 N–H and O–H groups in total. The highest BCUT2D eigenvalue weighted by Gasteiger charge is 2.23. The lowest BCUT2D eigenvalue weighted by Crippen LogP contribution is -2.15. The average molecular weight is 225 g/mol. The van der Waals surface area contributed by atoms with Gasteiger partial charge in [-0.05, 0) is 18.2 Å². The Balaban J connectivity index is 2.45. The van der Waals surface area contributed by atoms with Crippen molar-refractivity contribution in [1.29, 1.82) is 0 Å². The Hall–Kier alpha value is -0.730. The van der Waals surface area contributed by atoms with Crippen LogP contribution < -0.4 is 0 Å². The predicted octanol–water partition coefficient (Wildman–Crippen LogP) is 3.57. The van der Waals surface area contributed by atoms with Gasteiger partial charge in [0.15, 0.2) is 5.78 Å². The van der Waals surface area contributed by atoms with Gasteiger partial charge in [0.1, 0.15) is 0 Å². The van der Waals surface area contributed by atoms with Crippen molar-refractivity contribution in [3.8, 4) is 0 Å². The zero-order chi connectivity index (χ0) is 10.1. The van der Waals surface area contributed by atoms with Crippen LogP contribution in [0.1, 0.15) is 16.8 Å². The number of halogens is 1. The van der Waals surface area contributed by atoms with Crippen LogP contribution in [-0.2, 0) is 0 Å². The normalized spacial score (nSPS) is 20.4. The van der Waals surface area contributed by atoms with Gasteiger partial charge in [0.2, 0.25) is 0 Å². The topological polar surface area (TPSA) is 17.1 Å². The highest BCUT2D eigenvalue weighted by atomic mass is 35.5. The van der Waals surface area contributed by atoms with Crippen LogP contribution in [0.3, 0.4) is 0 Å². The maximum atomic E-state index is 11.7. The van der Waals surface area contributed by atoms with E-state index in [9.17, 15) is 4.79 Å². The summed E-state index contributed by atoms with van der Waals surface area (Å²) in [6.07, 6.45) is 2.36. The summed E-state index contributed by atoms with van der Waals surface area (Å²) in [5.74, 6) is 0.181. The number of hydrogen-bond acceptors (Lipinski definition) is 2. The first kappa shape index (κ1) is 9.81. The molecule has 0 aromatic heterocycles. The van der Waals surface area contributed by atoms with Gasteiger partial charge in [-0.2, -0.15) is 0 Å². The van der Waals surface area contributed by atoms with Crippen molar-refractivity contribution in [2.75, 3.05) is 0 Å². The van der Waals surface area contributed by atoms with Crippen molar-refractivity contribution in [3.05, 3.63) is 41.4 Å². The summed E-state index contributed by atoms with van der Waals surface area (Å²) >= 11 is 7.52. The van der Waals surface area contributed by atoms with Gasteiger partial charge in [0, 0.05) is 27.2 Å². The molecule has 72 valence electrons. The van der Waals surface area contributed by atoms with Crippen LogP contribution in [0.4, 0.5) is 0 Å². The first-order chi connectivity index (χ1) is 6.70. The molecule has 0 aliphatic carbocycles. The Bertz CT molecular complexity index is 400. The minimum atomic E-state index is 0.181. The second kappa shape index (κ2) is 3.79. The van der Waals surface area contributed by atoms with Crippen molar-refractivity contribution in [1.82, 2.24) is 0 Å². The number of fused-ring (bicyclic) bond motifs is 1. The first-order valence-electron chi connectivity index (χ1n) is 4.32. The van der Waals surface area contributed by atoms with E-state index < -0.39 is 0 Å². The van der Waals surface area contributed by atoms with E-state index in [4.69, 9.17) is 11.6 Å². The predicted molar refractivity (Wildman–Crippen MR) is 60.2 cm³/mol. The van der Waals surface area contributed by atoms with E-state index in [1.54, 1.807) is 23.9 Å². The van der Waals surface area contributed by atoms with Crippen LogP contribution in [0.15, 0.2) is 35.7 Å². The van der Waals surface area contributed by atoms with Crippen molar-refractivity contribution in [3.63, 3.8) is 0 Å². The van der Waals surface area contributed by atoms with Crippen molar-refractivity contribution in [2.24, 2.45) is 0 Å². The number of carbonyl (C=O) groups excluding carboxylic acids is 1. The Morgan fingerprint density at radius 2 is 2.36 bits per heavy atom. The SMILES string of the molecule is C=CC1CC(=O)c2ccc(Cl)cc2S1. The van der Waals surface area contributed by atoms with E-state index in [0.717, 1.165) is 10.5 Å². The quantitative estimate of drug-likeness (QED) is 0.679. The number of carbonyl (C=O) groups is 1. The fourth-order valence-corrected chi connectivity index (χ4v) is 2.85. The number of hydrogen-bond donors (Lipinski definition) is 0. The maximum absolute atomic E-state index is 11.7. The van der Waals surface area contributed by atoms with Crippen molar-refractivity contribution in [2.45, 2.75) is 16.6 Å². The number of Topliss-reactive ketones (excluding diaryl/α,β-unsaturated/α-hetero) is 1. The van der Waals surface area contributed by atoms with E-state index in [1.165, 1.54) is 0 Å². The highest BCUT2D eigenvalue weighted by Crippen LogP contribution is 2.36. The zero-order valence-electron chi connectivity index (χ0n) is 7.50. The van der Waals surface area contributed by atoms with Crippen LogP contribution in [0.2, 0.25) is 5.02 Å². The molecule has 1 nitrogen and oxygen atoms in total. The van der Waals surface area contributed by atoms with Crippen molar-refractivity contribution < 1.29 is 4.79 Å². The van der Waals surface area contributed by atoms with Crippen LogP contribution in [-0.4, -0.2) is 11.0 Å². The molecule has 3 heteroatoms. The van der Waals surface area contributed by atoms with Gasteiger partial charge in [0.25, 0.3) is 0 Å².